The van der Waals surface area contributed by atoms with Gasteiger partial charge in [0.25, 0.3) is 5.24 Å². The van der Waals surface area contributed by atoms with E-state index in [1.165, 1.54) is 0 Å². The van der Waals surface area contributed by atoms with Crippen molar-refractivity contribution in [1.29, 1.82) is 0 Å². The molecule has 0 saturated heterocycles. The topological polar surface area (TPSA) is 55.7 Å². The number of halogens is 1. The van der Waals surface area contributed by atoms with E-state index in [0.717, 1.165) is 6.21 Å². The van der Waals surface area contributed by atoms with Gasteiger partial charge in [0.15, 0.2) is 0 Å². The largest absolute Gasteiger partial charge is 0.434 e. The number of hydrogen-bond acceptors (Lipinski definition) is 3. The average Bonchev–Trinajstić information content (AvgIpc) is 2.14. The minimum Gasteiger partial charge on any atom is -0.429 e. The fraction of sp³-hybridized carbons (Fsp3) is 0.250. The van der Waals surface area contributed by atoms with Gasteiger partial charge in [0.05, 0.1) is 6.21 Å². The van der Waals surface area contributed by atoms with Crippen LogP contribution in [0.4, 0.5) is 4.79 Å². The van der Waals surface area contributed by atoms with E-state index in [2.05, 4.69) is 9.73 Å². The van der Waals surface area contributed by atoms with Crippen LogP contribution in [-0.4, -0.2) is 23.7 Å². The maximum Gasteiger partial charge on any atom is 0.434 e. The van der Waals surface area contributed by atoms with Gasteiger partial charge < -0.3 is 4.74 Å². The first-order valence-corrected chi connectivity index (χ1v) is 2.52. The zero-order chi connectivity index (χ0) is 6.85. The Bertz CT molecular complexity index is 188. The minimum atomic E-state index is -0.973. The van der Waals surface area contributed by atoms with Gasteiger partial charge in [-0.1, -0.05) is 0 Å². The number of carbonyl (C=O) groups excluding carboxylic acids is 2. The molecule has 0 aromatic rings. The standard InChI is InChI=1S/C4H2ClNO3/c5-3(7)2-1-6-4(8)9-2/h1-2H. The summed E-state index contributed by atoms with van der Waals surface area (Å²) in [6.45, 7) is 0. The van der Waals surface area contributed by atoms with Crippen LogP contribution in [0.3, 0.4) is 0 Å². The van der Waals surface area contributed by atoms with Crippen LogP contribution < -0.4 is 0 Å². The molecule has 1 amide bonds. The Balaban J connectivity index is 2.60. The maximum atomic E-state index is 10.2. The molecule has 4 nitrogen and oxygen atoms in total. The number of amides is 1. The fourth-order valence-electron chi connectivity index (χ4n) is 0.403. The summed E-state index contributed by atoms with van der Waals surface area (Å²) in [5.41, 5.74) is 0. The summed E-state index contributed by atoms with van der Waals surface area (Å²) in [6.07, 6.45) is -0.675. The number of aliphatic imine (C=N–C) groups is 1. The van der Waals surface area contributed by atoms with Crippen LogP contribution in [0.1, 0.15) is 0 Å². The van der Waals surface area contributed by atoms with Crippen molar-refractivity contribution < 1.29 is 14.3 Å². The highest BCUT2D eigenvalue weighted by molar-refractivity contribution is 6.66. The van der Waals surface area contributed by atoms with E-state index in [4.69, 9.17) is 11.6 Å². The molecular formula is C4H2ClNO3. The van der Waals surface area contributed by atoms with Crippen molar-refractivity contribution in [2.75, 3.05) is 0 Å². The first-order chi connectivity index (χ1) is 4.20. The number of rotatable bonds is 1. The quantitative estimate of drug-likeness (QED) is 0.503. The third kappa shape index (κ3) is 1.26. The molecule has 0 N–H and O–H groups in total. The SMILES string of the molecule is O=C1N=CC(C(=O)Cl)O1. The summed E-state index contributed by atoms with van der Waals surface area (Å²) in [5.74, 6) is 0. The molecule has 0 fully saturated rings. The maximum absolute atomic E-state index is 10.2. The van der Waals surface area contributed by atoms with Gasteiger partial charge in [-0.05, 0) is 11.6 Å². The normalized spacial score (nSPS) is 24.1. The van der Waals surface area contributed by atoms with E-state index < -0.39 is 17.4 Å². The summed E-state index contributed by atoms with van der Waals surface area (Å²) in [5, 5.41) is -0.732. The van der Waals surface area contributed by atoms with Crippen LogP contribution in [0.15, 0.2) is 4.99 Å². The molecule has 0 aromatic carbocycles. The van der Waals surface area contributed by atoms with E-state index >= 15 is 0 Å². The molecule has 0 bridgehead atoms. The van der Waals surface area contributed by atoms with Crippen molar-refractivity contribution >= 4 is 29.2 Å². The fourth-order valence-corrected chi connectivity index (χ4v) is 0.504. The van der Waals surface area contributed by atoms with E-state index in [0.29, 0.717) is 0 Å². The monoisotopic (exact) mass is 147 g/mol. The summed E-state index contributed by atoms with van der Waals surface area (Å²) >= 11 is 4.94. The predicted molar refractivity (Wildman–Crippen MR) is 29.6 cm³/mol. The van der Waals surface area contributed by atoms with Gasteiger partial charge >= 0.3 is 6.09 Å². The van der Waals surface area contributed by atoms with Gasteiger partial charge in [0.2, 0.25) is 6.10 Å². The van der Waals surface area contributed by atoms with Crippen molar-refractivity contribution in [3.63, 3.8) is 0 Å². The smallest absolute Gasteiger partial charge is 0.429 e. The number of carbonyl (C=O) groups is 2. The third-order valence-electron chi connectivity index (χ3n) is 0.767. The molecular weight excluding hydrogens is 146 g/mol. The number of nitrogens with zero attached hydrogens (tertiary/aromatic N) is 1. The lowest BCUT2D eigenvalue weighted by molar-refractivity contribution is -0.115. The van der Waals surface area contributed by atoms with E-state index in [-0.39, 0.29) is 0 Å². The molecule has 0 saturated carbocycles. The van der Waals surface area contributed by atoms with Crippen LogP contribution in [0.5, 0.6) is 0 Å². The Morgan fingerprint density at radius 3 is 2.78 bits per heavy atom. The molecule has 0 aliphatic carbocycles. The first-order valence-electron chi connectivity index (χ1n) is 2.14. The van der Waals surface area contributed by atoms with Crippen LogP contribution >= 0.6 is 11.6 Å². The van der Waals surface area contributed by atoms with Gasteiger partial charge in [-0.25, -0.2) is 4.79 Å². The second-order valence-electron chi connectivity index (χ2n) is 1.39. The number of cyclic esters (lactones) is 1. The van der Waals surface area contributed by atoms with Gasteiger partial charge in [0, 0.05) is 0 Å². The molecule has 1 aliphatic heterocycles. The molecule has 0 spiro atoms. The summed E-state index contributed by atoms with van der Waals surface area (Å²) in [4.78, 5) is 23.5. The highest BCUT2D eigenvalue weighted by atomic mass is 35.5. The first kappa shape index (κ1) is 6.22. The van der Waals surface area contributed by atoms with Crippen molar-refractivity contribution in [3.8, 4) is 0 Å². The minimum absolute atomic E-state index is 0.732. The summed E-state index contributed by atoms with van der Waals surface area (Å²) in [7, 11) is 0. The highest BCUT2D eigenvalue weighted by Crippen LogP contribution is 2.03. The van der Waals surface area contributed by atoms with Crippen molar-refractivity contribution in [2.45, 2.75) is 6.10 Å². The molecule has 1 unspecified atom stereocenters. The Kier molecular flexibility index (Phi) is 1.48. The summed E-state index contributed by atoms with van der Waals surface area (Å²) < 4.78 is 4.28. The van der Waals surface area contributed by atoms with Gasteiger partial charge in [-0.2, -0.15) is 4.99 Å². The van der Waals surface area contributed by atoms with E-state index in [9.17, 15) is 9.59 Å². The second kappa shape index (κ2) is 2.14. The molecule has 9 heavy (non-hydrogen) atoms. The van der Waals surface area contributed by atoms with Crippen LogP contribution in [-0.2, 0) is 9.53 Å². The van der Waals surface area contributed by atoms with Crippen LogP contribution in [0, 0.1) is 0 Å². The lowest BCUT2D eigenvalue weighted by atomic mass is 10.4. The van der Waals surface area contributed by atoms with E-state index in [1.54, 1.807) is 0 Å². The van der Waals surface area contributed by atoms with Gasteiger partial charge in [-0.3, -0.25) is 4.79 Å². The Labute approximate surface area is 55.5 Å². The third-order valence-corrected chi connectivity index (χ3v) is 0.982. The Hall–Kier alpha value is -0.900. The molecule has 1 atom stereocenters. The van der Waals surface area contributed by atoms with Crippen molar-refractivity contribution in [2.24, 2.45) is 4.99 Å². The zero-order valence-corrected chi connectivity index (χ0v) is 4.96. The molecule has 1 heterocycles. The highest BCUT2D eigenvalue weighted by Gasteiger charge is 2.23. The molecule has 5 heteroatoms. The number of ether oxygens (including phenoxy) is 1. The average molecular weight is 148 g/mol. The molecule has 0 aromatic heterocycles. The molecule has 1 rings (SSSR count). The van der Waals surface area contributed by atoms with Crippen molar-refractivity contribution in [3.05, 3.63) is 0 Å². The Morgan fingerprint density at radius 2 is 2.56 bits per heavy atom. The van der Waals surface area contributed by atoms with E-state index in [1.807, 2.05) is 0 Å². The lowest BCUT2D eigenvalue weighted by Gasteiger charge is -1.96. The molecule has 48 valence electrons. The zero-order valence-electron chi connectivity index (χ0n) is 4.20. The van der Waals surface area contributed by atoms with Crippen molar-refractivity contribution in [1.82, 2.24) is 0 Å². The van der Waals surface area contributed by atoms with Gasteiger partial charge in [-0.15, -0.1) is 0 Å². The predicted octanol–water partition coefficient (Wildman–Crippen LogP) is 0.341. The molecule has 1 aliphatic rings. The second-order valence-corrected chi connectivity index (χ2v) is 1.76. The summed E-state index contributed by atoms with van der Waals surface area (Å²) in [6, 6.07) is 0. The van der Waals surface area contributed by atoms with Crippen LogP contribution in [0.2, 0.25) is 0 Å². The Morgan fingerprint density at radius 1 is 1.89 bits per heavy atom. The van der Waals surface area contributed by atoms with Crippen LogP contribution in [0.25, 0.3) is 0 Å². The van der Waals surface area contributed by atoms with Gasteiger partial charge in [0.1, 0.15) is 0 Å². The lowest BCUT2D eigenvalue weighted by Crippen LogP contribution is -2.17. The molecule has 0 radical (unpaired) electrons. The number of hydrogen-bond donors (Lipinski definition) is 0.